The van der Waals surface area contributed by atoms with E-state index < -0.39 is 0 Å². The number of nitrogens with zero attached hydrogens (tertiary/aromatic N) is 2. The number of likely N-dealkylation sites (tertiary alicyclic amines) is 2. The van der Waals surface area contributed by atoms with Gasteiger partial charge in [-0.2, -0.15) is 0 Å². The molecule has 0 saturated carbocycles. The third-order valence-corrected chi connectivity index (χ3v) is 5.17. The first kappa shape index (κ1) is 15.8. The fourth-order valence-corrected chi connectivity index (χ4v) is 3.79. The van der Waals surface area contributed by atoms with E-state index in [0.717, 1.165) is 19.0 Å². The minimum absolute atomic E-state index is 0.150. The molecule has 0 bridgehead atoms. The van der Waals surface area contributed by atoms with E-state index in [2.05, 4.69) is 23.6 Å². The smallest absolute Gasteiger partial charge is 0.225 e. The molecule has 20 heavy (non-hydrogen) atoms. The lowest BCUT2D eigenvalue weighted by Crippen LogP contribution is -2.49. The van der Waals surface area contributed by atoms with Crippen molar-refractivity contribution in [2.75, 3.05) is 32.7 Å². The minimum atomic E-state index is 0.150. The number of hydrogen-bond acceptors (Lipinski definition) is 2. The molecule has 0 aromatic carbocycles. The highest BCUT2D eigenvalue weighted by Gasteiger charge is 2.38. The Morgan fingerprint density at radius 2 is 1.45 bits per heavy atom. The lowest BCUT2D eigenvalue weighted by atomic mass is 9.71. The summed E-state index contributed by atoms with van der Waals surface area (Å²) in [6, 6.07) is 0. The standard InChI is InChI=1S/C17H32N2O/c1-14(2)13-18-9-5-17(6-10-18)7-11-19(12-8-17)16(20)15(3)4/h14-15H,5-13H2,1-4H3. The monoisotopic (exact) mass is 280 g/mol. The molecule has 0 aromatic rings. The molecule has 3 heteroatoms. The van der Waals surface area contributed by atoms with Gasteiger partial charge in [0.15, 0.2) is 0 Å². The Bertz CT molecular complexity index is 320. The van der Waals surface area contributed by atoms with Gasteiger partial charge in [0, 0.05) is 25.6 Å². The number of carbonyl (C=O) groups excluding carboxylic acids is 1. The number of amides is 1. The van der Waals surface area contributed by atoms with E-state index in [0.29, 0.717) is 11.3 Å². The molecule has 2 heterocycles. The van der Waals surface area contributed by atoms with Gasteiger partial charge in [0.2, 0.25) is 5.91 Å². The van der Waals surface area contributed by atoms with Gasteiger partial charge in [0.25, 0.3) is 0 Å². The Hall–Kier alpha value is -0.570. The van der Waals surface area contributed by atoms with Crippen molar-refractivity contribution >= 4 is 5.91 Å². The maximum atomic E-state index is 12.1. The molecule has 0 radical (unpaired) electrons. The Kier molecular flexibility index (Phi) is 5.11. The van der Waals surface area contributed by atoms with Crippen molar-refractivity contribution in [1.82, 2.24) is 9.80 Å². The summed E-state index contributed by atoms with van der Waals surface area (Å²) in [5.74, 6) is 1.27. The second kappa shape index (κ2) is 6.46. The molecule has 0 aromatic heterocycles. The van der Waals surface area contributed by atoms with Gasteiger partial charge in [-0.3, -0.25) is 4.79 Å². The predicted molar refractivity (Wildman–Crippen MR) is 83.6 cm³/mol. The molecule has 0 unspecified atom stereocenters. The van der Waals surface area contributed by atoms with Crippen molar-refractivity contribution < 1.29 is 4.79 Å². The van der Waals surface area contributed by atoms with Crippen LogP contribution in [0.25, 0.3) is 0 Å². The van der Waals surface area contributed by atoms with Crippen LogP contribution < -0.4 is 0 Å². The summed E-state index contributed by atoms with van der Waals surface area (Å²) >= 11 is 0. The van der Waals surface area contributed by atoms with Crippen LogP contribution in [0.2, 0.25) is 0 Å². The van der Waals surface area contributed by atoms with Crippen LogP contribution in [0.15, 0.2) is 0 Å². The average molecular weight is 280 g/mol. The minimum Gasteiger partial charge on any atom is -0.342 e. The normalized spacial score (nSPS) is 23.8. The SMILES string of the molecule is CC(C)CN1CCC2(CC1)CCN(C(=O)C(C)C)CC2. The van der Waals surface area contributed by atoms with Crippen molar-refractivity contribution in [2.45, 2.75) is 53.4 Å². The van der Waals surface area contributed by atoms with E-state index >= 15 is 0 Å². The third-order valence-electron chi connectivity index (χ3n) is 5.17. The van der Waals surface area contributed by atoms with Gasteiger partial charge in [-0.25, -0.2) is 0 Å². The van der Waals surface area contributed by atoms with Gasteiger partial charge in [-0.15, -0.1) is 0 Å². The highest BCUT2D eigenvalue weighted by Crippen LogP contribution is 2.41. The van der Waals surface area contributed by atoms with Crippen LogP contribution in [-0.4, -0.2) is 48.4 Å². The van der Waals surface area contributed by atoms with Crippen LogP contribution >= 0.6 is 0 Å². The molecule has 2 aliphatic heterocycles. The lowest BCUT2D eigenvalue weighted by Gasteiger charge is -2.47. The number of rotatable bonds is 3. The Morgan fingerprint density at radius 3 is 1.90 bits per heavy atom. The average Bonchev–Trinajstić information content (AvgIpc) is 2.41. The van der Waals surface area contributed by atoms with Crippen LogP contribution in [0, 0.1) is 17.3 Å². The Labute approximate surface area is 124 Å². The molecular formula is C17H32N2O. The maximum Gasteiger partial charge on any atom is 0.225 e. The van der Waals surface area contributed by atoms with Crippen LogP contribution in [0.1, 0.15) is 53.4 Å². The number of piperidine rings is 2. The van der Waals surface area contributed by atoms with Gasteiger partial charge in [-0.1, -0.05) is 27.7 Å². The first-order valence-electron chi connectivity index (χ1n) is 8.43. The van der Waals surface area contributed by atoms with E-state index in [-0.39, 0.29) is 5.92 Å². The molecule has 2 aliphatic rings. The van der Waals surface area contributed by atoms with Gasteiger partial charge in [0.1, 0.15) is 0 Å². The summed E-state index contributed by atoms with van der Waals surface area (Å²) in [6.45, 7) is 14.4. The maximum absolute atomic E-state index is 12.1. The van der Waals surface area contributed by atoms with Gasteiger partial charge >= 0.3 is 0 Å². The van der Waals surface area contributed by atoms with E-state index in [1.54, 1.807) is 0 Å². The summed E-state index contributed by atoms with van der Waals surface area (Å²) in [6.07, 6.45) is 5.12. The van der Waals surface area contributed by atoms with Crippen molar-refractivity contribution in [1.29, 1.82) is 0 Å². The van der Waals surface area contributed by atoms with E-state index in [1.807, 2.05) is 13.8 Å². The lowest BCUT2D eigenvalue weighted by molar-refractivity contribution is -0.137. The van der Waals surface area contributed by atoms with Gasteiger partial charge in [0.05, 0.1) is 0 Å². The molecule has 116 valence electrons. The number of carbonyl (C=O) groups is 1. The van der Waals surface area contributed by atoms with E-state index in [4.69, 9.17) is 0 Å². The zero-order chi connectivity index (χ0) is 14.8. The van der Waals surface area contributed by atoms with Crippen molar-refractivity contribution in [3.63, 3.8) is 0 Å². The van der Waals surface area contributed by atoms with E-state index in [9.17, 15) is 4.79 Å². The molecular weight excluding hydrogens is 248 g/mol. The van der Waals surface area contributed by atoms with Crippen molar-refractivity contribution in [3.8, 4) is 0 Å². The molecule has 2 fully saturated rings. The zero-order valence-electron chi connectivity index (χ0n) is 13.8. The summed E-state index contributed by atoms with van der Waals surface area (Å²) in [5, 5.41) is 0. The van der Waals surface area contributed by atoms with Crippen LogP contribution in [0.3, 0.4) is 0 Å². The molecule has 1 amide bonds. The first-order valence-corrected chi connectivity index (χ1v) is 8.43. The third kappa shape index (κ3) is 3.75. The second-order valence-electron chi connectivity index (χ2n) is 7.67. The second-order valence-corrected chi connectivity index (χ2v) is 7.67. The quantitative estimate of drug-likeness (QED) is 0.793. The molecule has 0 aliphatic carbocycles. The predicted octanol–water partition coefficient (Wildman–Crippen LogP) is 3.00. The Morgan fingerprint density at radius 1 is 0.950 bits per heavy atom. The summed E-state index contributed by atoms with van der Waals surface area (Å²) in [4.78, 5) is 16.8. The van der Waals surface area contributed by atoms with E-state index in [1.165, 1.54) is 45.3 Å². The molecule has 1 spiro atoms. The molecule has 2 rings (SSSR count). The van der Waals surface area contributed by atoms with Crippen LogP contribution in [-0.2, 0) is 4.79 Å². The first-order chi connectivity index (χ1) is 9.42. The van der Waals surface area contributed by atoms with Crippen LogP contribution in [0.4, 0.5) is 0 Å². The summed E-state index contributed by atoms with van der Waals surface area (Å²) in [5.41, 5.74) is 0.543. The fourth-order valence-electron chi connectivity index (χ4n) is 3.79. The topological polar surface area (TPSA) is 23.6 Å². The molecule has 3 nitrogen and oxygen atoms in total. The fraction of sp³-hybridized carbons (Fsp3) is 0.941. The number of hydrogen-bond donors (Lipinski definition) is 0. The van der Waals surface area contributed by atoms with Gasteiger partial charge in [-0.05, 0) is 50.1 Å². The molecule has 2 saturated heterocycles. The van der Waals surface area contributed by atoms with Crippen LogP contribution in [0.5, 0.6) is 0 Å². The van der Waals surface area contributed by atoms with Crippen molar-refractivity contribution in [2.24, 2.45) is 17.3 Å². The molecule has 0 N–H and O–H groups in total. The van der Waals surface area contributed by atoms with Crippen molar-refractivity contribution in [3.05, 3.63) is 0 Å². The summed E-state index contributed by atoms with van der Waals surface area (Å²) < 4.78 is 0. The largest absolute Gasteiger partial charge is 0.342 e. The highest BCUT2D eigenvalue weighted by atomic mass is 16.2. The van der Waals surface area contributed by atoms with Gasteiger partial charge < -0.3 is 9.80 Å². The Balaban J connectivity index is 1.81. The summed E-state index contributed by atoms with van der Waals surface area (Å²) in [7, 11) is 0. The zero-order valence-corrected chi connectivity index (χ0v) is 13.8. The highest BCUT2D eigenvalue weighted by molar-refractivity contribution is 5.78. The molecule has 0 atom stereocenters.